The first-order valence-corrected chi connectivity index (χ1v) is 15.9. The Kier molecular flexibility index (Phi) is 8.20. The topological polar surface area (TPSA) is 83.9 Å². The lowest BCUT2D eigenvalue weighted by molar-refractivity contribution is -0.138. The van der Waals surface area contributed by atoms with Crippen LogP contribution >= 0.6 is 47.8 Å². The number of nitrogens with zero attached hydrogens (tertiary/aromatic N) is 1. The molecule has 0 fully saturated rings. The standard InChI is InChI=1S/C32H32Br3NO5/c1-31(2)11-22-28(24(37)13-31)27(29-23(36(22)15-26(39)40)12-32(3,4)14-25(29)38)20-9-19(34)10-21(35)30(20)41-16-17-5-7-18(33)8-6-17/h5-10,27H,11-16H2,1-4H3,(H,39,40). The molecule has 2 aromatic carbocycles. The molecule has 2 aromatic rings. The maximum Gasteiger partial charge on any atom is 0.323 e. The van der Waals surface area contributed by atoms with Crippen molar-refractivity contribution in [3.8, 4) is 5.75 Å². The molecule has 9 heteroatoms. The summed E-state index contributed by atoms with van der Waals surface area (Å²) in [6.07, 6.45) is 1.70. The summed E-state index contributed by atoms with van der Waals surface area (Å²) in [5.74, 6) is -1.23. The van der Waals surface area contributed by atoms with E-state index in [1.807, 2.05) is 64.1 Å². The van der Waals surface area contributed by atoms with Crippen LogP contribution in [0.2, 0.25) is 0 Å². The summed E-state index contributed by atoms with van der Waals surface area (Å²) in [6.45, 7) is 8.12. The lowest BCUT2D eigenvalue weighted by Crippen LogP contribution is -2.45. The smallest absolute Gasteiger partial charge is 0.323 e. The minimum absolute atomic E-state index is 0.0595. The number of allylic oxidation sites excluding steroid dienone is 4. The van der Waals surface area contributed by atoms with Gasteiger partial charge in [-0.3, -0.25) is 14.4 Å². The molecule has 0 atom stereocenters. The number of carbonyl (C=O) groups is 3. The van der Waals surface area contributed by atoms with Crippen molar-refractivity contribution < 1.29 is 24.2 Å². The van der Waals surface area contributed by atoms with Crippen molar-refractivity contribution in [1.29, 1.82) is 0 Å². The van der Waals surface area contributed by atoms with Crippen LogP contribution in [0, 0.1) is 10.8 Å². The number of hydrogen-bond acceptors (Lipinski definition) is 5. The molecular formula is C32H32Br3NO5. The van der Waals surface area contributed by atoms with E-state index in [2.05, 4.69) is 47.8 Å². The Morgan fingerprint density at radius 3 is 1.93 bits per heavy atom. The highest BCUT2D eigenvalue weighted by Gasteiger charge is 2.50. The molecule has 0 unspecified atom stereocenters. The van der Waals surface area contributed by atoms with Gasteiger partial charge in [-0.2, -0.15) is 0 Å². The molecule has 0 saturated heterocycles. The fourth-order valence-electron chi connectivity index (χ4n) is 6.37. The van der Waals surface area contributed by atoms with Gasteiger partial charge in [0.2, 0.25) is 0 Å². The minimum atomic E-state index is -1.00. The van der Waals surface area contributed by atoms with Gasteiger partial charge in [-0.1, -0.05) is 71.7 Å². The zero-order valence-corrected chi connectivity index (χ0v) is 28.2. The van der Waals surface area contributed by atoms with Crippen molar-refractivity contribution in [2.24, 2.45) is 10.8 Å². The maximum absolute atomic E-state index is 14.0. The van der Waals surface area contributed by atoms with E-state index >= 15 is 0 Å². The van der Waals surface area contributed by atoms with Gasteiger partial charge in [-0.25, -0.2) is 0 Å². The Hall–Kier alpha value is -2.23. The molecule has 3 aliphatic rings. The summed E-state index contributed by atoms with van der Waals surface area (Å²) in [5.41, 5.74) is 3.42. The molecule has 0 radical (unpaired) electrons. The Morgan fingerprint density at radius 2 is 1.41 bits per heavy atom. The lowest BCUT2D eigenvalue weighted by atomic mass is 9.63. The van der Waals surface area contributed by atoms with Gasteiger partial charge >= 0.3 is 5.97 Å². The number of benzene rings is 2. The van der Waals surface area contributed by atoms with Gasteiger partial charge in [0.05, 0.1) is 4.47 Å². The Bertz CT molecular complexity index is 1470. The zero-order chi connectivity index (χ0) is 29.9. The van der Waals surface area contributed by atoms with Crippen LogP contribution in [0.5, 0.6) is 5.75 Å². The van der Waals surface area contributed by atoms with E-state index in [0.717, 1.165) is 14.5 Å². The summed E-state index contributed by atoms with van der Waals surface area (Å²) < 4.78 is 8.89. The average Bonchev–Trinajstić information content (AvgIpc) is 2.83. The number of hydrogen-bond donors (Lipinski definition) is 1. The monoisotopic (exact) mass is 747 g/mol. The third-order valence-corrected chi connectivity index (χ3v) is 9.54. The predicted octanol–water partition coefficient (Wildman–Crippen LogP) is 8.32. The highest BCUT2D eigenvalue weighted by atomic mass is 79.9. The maximum atomic E-state index is 14.0. The van der Waals surface area contributed by atoms with Crippen molar-refractivity contribution in [2.45, 2.75) is 65.9 Å². The molecule has 216 valence electrons. The molecule has 5 rings (SSSR count). The van der Waals surface area contributed by atoms with Crippen LogP contribution in [0.25, 0.3) is 0 Å². The first-order valence-electron chi connectivity index (χ1n) is 13.5. The Labute approximate surface area is 265 Å². The van der Waals surface area contributed by atoms with Crippen molar-refractivity contribution in [2.75, 3.05) is 6.54 Å². The second-order valence-corrected chi connectivity index (χ2v) is 15.4. The summed E-state index contributed by atoms with van der Waals surface area (Å²) in [7, 11) is 0. The normalized spacial score (nSPS) is 20.2. The van der Waals surface area contributed by atoms with Crippen LogP contribution in [0.3, 0.4) is 0 Å². The number of halogens is 3. The molecule has 0 spiro atoms. The van der Waals surface area contributed by atoms with Crippen molar-refractivity contribution in [3.05, 3.63) is 83.5 Å². The van der Waals surface area contributed by atoms with Gasteiger partial charge in [0.25, 0.3) is 0 Å². The van der Waals surface area contributed by atoms with E-state index in [-0.39, 0.29) is 35.5 Å². The first-order chi connectivity index (χ1) is 19.2. The molecule has 1 heterocycles. The molecule has 0 saturated carbocycles. The van der Waals surface area contributed by atoms with Crippen LogP contribution in [0.15, 0.2) is 72.4 Å². The van der Waals surface area contributed by atoms with Gasteiger partial charge in [-0.15, -0.1) is 0 Å². The second-order valence-electron chi connectivity index (χ2n) is 12.7. The van der Waals surface area contributed by atoms with Gasteiger partial charge in [-0.05, 0) is 69.4 Å². The van der Waals surface area contributed by atoms with Crippen LogP contribution in [-0.2, 0) is 21.0 Å². The van der Waals surface area contributed by atoms with Gasteiger partial charge in [0.15, 0.2) is 11.6 Å². The molecule has 6 nitrogen and oxygen atoms in total. The van der Waals surface area contributed by atoms with E-state index in [1.54, 1.807) is 4.90 Å². The molecule has 0 amide bonds. The number of ether oxygens (including phenoxy) is 1. The third kappa shape index (κ3) is 6.13. The van der Waals surface area contributed by atoms with Crippen molar-refractivity contribution in [1.82, 2.24) is 4.90 Å². The Balaban J connectivity index is 1.74. The zero-order valence-electron chi connectivity index (χ0n) is 23.4. The van der Waals surface area contributed by atoms with Crippen LogP contribution < -0.4 is 4.74 Å². The first kappa shape index (κ1) is 30.2. The summed E-state index contributed by atoms with van der Waals surface area (Å²) in [6, 6.07) is 11.7. The number of carboxylic acid groups (broad SMARTS) is 1. The van der Waals surface area contributed by atoms with Gasteiger partial charge in [0, 0.05) is 55.8 Å². The van der Waals surface area contributed by atoms with Crippen molar-refractivity contribution >= 4 is 65.3 Å². The molecule has 0 bridgehead atoms. The molecule has 2 aliphatic carbocycles. The van der Waals surface area contributed by atoms with E-state index in [4.69, 9.17) is 4.74 Å². The fraction of sp³-hybridized carbons (Fsp3) is 0.406. The number of ketones is 2. The predicted molar refractivity (Wildman–Crippen MR) is 167 cm³/mol. The van der Waals surface area contributed by atoms with Crippen molar-refractivity contribution in [3.63, 3.8) is 0 Å². The summed E-state index contributed by atoms with van der Waals surface area (Å²) >= 11 is 10.8. The van der Waals surface area contributed by atoms with Gasteiger partial charge < -0.3 is 14.7 Å². The molecule has 0 aromatic heterocycles. The number of aliphatic carboxylic acids is 1. The highest BCUT2D eigenvalue weighted by molar-refractivity contribution is 9.11. The van der Waals surface area contributed by atoms with Crippen LogP contribution in [0.4, 0.5) is 0 Å². The van der Waals surface area contributed by atoms with E-state index in [0.29, 0.717) is 64.0 Å². The van der Waals surface area contributed by atoms with Gasteiger partial charge in [0.1, 0.15) is 18.9 Å². The molecular weight excluding hydrogens is 718 g/mol. The second kappa shape index (κ2) is 11.1. The number of carboxylic acids is 1. The van der Waals surface area contributed by atoms with E-state index in [1.165, 1.54) is 0 Å². The average molecular weight is 750 g/mol. The molecule has 1 aliphatic heterocycles. The largest absolute Gasteiger partial charge is 0.487 e. The molecule has 41 heavy (non-hydrogen) atoms. The lowest BCUT2D eigenvalue weighted by Gasteiger charge is -2.48. The van der Waals surface area contributed by atoms with E-state index in [9.17, 15) is 19.5 Å². The molecule has 1 N–H and O–H groups in total. The number of rotatable bonds is 6. The van der Waals surface area contributed by atoms with E-state index < -0.39 is 11.9 Å². The number of carbonyl (C=O) groups excluding carboxylic acids is 2. The number of Topliss-reactive ketones (excluding diaryl/α,β-unsaturated/α-hetero) is 2. The van der Waals surface area contributed by atoms with Crippen LogP contribution in [-0.4, -0.2) is 34.1 Å². The summed E-state index contributed by atoms with van der Waals surface area (Å²) in [5, 5.41) is 9.94. The minimum Gasteiger partial charge on any atom is -0.487 e. The quantitative estimate of drug-likeness (QED) is 0.320. The SMILES string of the molecule is CC1(C)CC(=O)C2=C(C1)N(CC(=O)O)C1=C(C(=O)CC(C)(C)C1)C2c1cc(Br)cc(Br)c1OCc1ccc(Br)cc1. The summed E-state index contributed by atoms with van der Waals surface area (Å²) in [4.78, 5) is 42.0. The Morgan fingerprint density at radius 1 is 0.878 bits per heavy atom. The fourth-order valence-corrected chi connectivity index (χ4v) is 8.01. The third-order valence-electron chi connectivity index (χ3n) is 7.96. The highest BCUT2D eigenvalue weighted by Crippen LogP contribution is 2.56. The van der Waals surface area contributed by atoms with Crippen LogP contribution in [0.1, 0.15) is 70.4 Å².